The van der Waals surface area contributed by atoms with Crippen molar-refractivity contribution in [3.05, 3.63) is 0 Å². The molecule has 3 nitrogen and oxygen atoms in total. The fraction of sp³-hybridized carbons (Fsp3) is 1.00. The zero-order valence-electron chi connectivity index (χ0n) is 11.7. The Labute approximate surface area is 106 Å². The topological polar surface area (TPSA) is 30.5 Å². The average Bonchev–Trinajstić information content (AvgIpc) is 2.37. The summed E-state index contributed by atoms with van der Waals surface area (Å²) >= 11 is 0. The van der Waals surface area contributed by atoms with Crippen molar-refractivity contribution < 1.29 is 9.47 Å². The molecule has 0 aliphatic carbocycles. The molecule has 1 rings (SSSR count). The van der Waals surface area contributed by atoms with Crippen LogP contribution in [0.4, 0.5) is 0 Å². The first-order valence-corrected chi connectivity index (χ1v) is 7.10. The van der Waals surface area contributed by atoms with Gasteiger partial charge in [-0.3, -0.25) is 0 Å². The van der Waals surface area contributed by atoms with Crippen molar-refractivity contribution in [2.45, 2.75) is 58.1 Å². The number of ether oxygens (including phenoxy) is 2. The molecule has 0 saturated carbocycles. The predicted molar refractivity (Wildman–Crippen MR) is 71.3 cm³/mol. The molecule has 1 N–H and O–H groups in total. The molecular weight excluding hydrogens is 214 g/mol. The van der Waals surface area contributed by atoms with Crippen molar-refractivity contribution in [3.63, 3.8) is 0 Å². The summed E-state index contributed by atoms with van der Waals surface area (Å²) in [7, 11) is 1.80. The summed E-state index contributed by atoms with van der Waals surface area (Å²) in [6, 6.07) is 0.605. The van der Waals surface area contributed by atoms with Gasteiger partial charge in [-0.25, -0.2) is 0 Å². The number of nitrogens with one attached hydrogen (secondary N) is 1. The van der Waals surface area contributed by atoms with Gasteiger partial charge >= 0.3 is 0 Å². The average molecular weight is 243 g/mol. The smallest absolute Gasteiger partial charge is 0.0558 e. The molecule has 1 aliphatic rings. The minimum absolute atomic E-state index is 0.351. The highest BCUT2D eigenvalue weighted by Crippen LogP contribution is 2.22. The van der Waals surface area contributed by atoms with Crippen molar-refractivity contribution in [1.82, 2.24) is 5.32 Å². The molecule has 102 valence electrons. The number of hydrogen-bond donors (Lipinski definition) is 1. The van der Waals surface area contributed by atoms with Crippen LogP contribution in [0, 0.1) is 5.92 Å². The fourth-order valence-electron chi connectivity index (χ4n) is 2.49. The third-order valence-electron chi connectivity index (χ3n) is 3.66. The third-order valence-corrected chi connectivity index (χ3v) is 3.66. The molecule has 3 heteroatoms. The second-order valence-corrected chi connectivity index (χ2v) is 5.22. The molecule has 2 unspecified atom stereocenters. The molecule has 0 radical (unpaired) electrons. The van der Waals surface area contributed by atoms with Crippen molar-refractivity contribution in [3.8, 4) is 0 Å². The van der Waals surface area contributed by atoms with E-state index < -0.39 is 0 Å². The van der Waals surface area contributed by atoms with Crippen LogP contribution in [0.15, 0.2) is 0 Å². The van der Waals surface area contributed by atoms with Crippen LogP contribution >= 0.6 is 0 Å². The monoisotopic (exact) mass is 243 g/mol. The summed E-state index contributed by atoms with van der Waals surface area (Å²) in [5.74, 6) is 0.835. The largest absolute Gasteiger partial charge is 0.382 e. The maximum atomic E-state index is 5.42. The molecule has 1 fully saturated rings. The van der Waals surface area contributed by atoms with Crippen LogP contribution in [0.25, 0.3) is 0 Å². The highest BCUT2D eigenvalue weighted by atomic mass is 16.5. The Morgan fingerprint density at radius 3 is 2.65 bits per heavy atom. The van der Waals surface area contributed by atoms with Crippen LogP contribution in [0.1, 0.15) is 46.0 Å². The summed E-state index contributed by atoms with van der Waals surface area (Å²) in [5.41, 5.74) is 0. The van der Waals surface area contributed by atoms with E-state index in [1.54, 1.807) is 7.11 Å². The lowest BCUT2D eigenvalue weighted by molar-refractivity contribution is 0.0542. The molecule has 0 spiro atoms. The van der Waals surface area contributed by atoms with E-state index in [0.717, 1.165) is 32.1 Å². The molecular formula is C14H29NO2. The van der Waals surface area contributed by atoms with Crippen molar-refractivity contribution in [2.24, 2.45) is 5.92 Å². The Kier molecular flexibility index (Phi) is 7.82. The second kappa shape index (κ2) is 8.90. The highest BCUT2D eigenvalue weighted by Gasteiger charge is 2.20. The van der Waals surface area contributed by atoms with Crippen molar-refractivity contribution in [1.29, 1.82) is 0 Å². The lowest BCUT2D eigenvalue weighted by Crippen LogP contribution is -2.36. The fourth-order valence-corrected chi connectivity index (χ4v) is 2.49. The van der Waals surface area contributed by atoms with Crippen LogP contribution in [0.5, 0.6) is 0 Å². The Bertz CT molecular complexity index is 181. The summed E-state index contributed by atoms with van der Waals surface area (Å²) in [5, 5.41) is 3.66. The SMILES string of the molecule is CCCNC(CC1CCOCC1)CC(C)OC. The van der Waals surface area contributed by atoms with Gasteiger partial charge in [0, 0.05) is 26.4 Å². The van der Waals surface area contributed by atoms with Gasteiger partial charge in [0.2, 0.25) is 0 Å². The van der Waals surface area contributed by atoms with Crippen LogP contribution in [0.3, 0.4) is 0 Å². The standard InChI is InChI=1S/C14H29NO2/c1-4-7-15-14(10-12(2)16-3)11-13-5-8-17-9-6-13/h12-15H,4-11H2,1-3H3. The zero-order valence-corrected chi connectivity index (χ0v) is 11.7. The summed E-state index contributed by atoms with van der Waals surface area (Å²) in [4.78, 5) is 0. The molecule has 1 saturated heterocycles. The van der Waals surface area contributed by atoms with E-state index in [1.807, 2.05) is 0 Å². The first-order valence-electron chi connectivity index (χ1n) is 7.10. The normalized spacial score (nSPS) is 21.4. The molecule has 1 aliphatic heterocycles. The Balaban J connectivity index is 2.32. The predicted octanol–water partition coefficient (Wildman–Crippen LogP) is 2.60. The minimum atomic E-state index is 0.351. The Hall–Kier alpha value is -0.120. The van der Waals surface area contributed by atoms with E-state index in [4.69, 9.17) is 9.47 Å². The van der Waals surface area contributed by atoms with Gasteiger partial charge in [0.1, 0.15) is 0 Å². The van der Waals surface area contributed by atoms with Crippen molar-refractivity contribution in [2.75, 3.05) is 26.9 Å². The van der Waals surface area contributed by atoms with Gasteiger partial charge in [0.15, 0.2) is 0 Å². The zero-order chi connectivity index (χ0) is 12.5. The number of rotatable bonds is 8. The van der Waals surface area contributed by atoms with Crippen LogP contribution < -0.4 is 5.32 Å². The van der Waals surface area contributed by atoms with E-state index in [2.05, 4.69) is 19.2 Å². The van der Waals surface area contributed by atoms with E-state index >= 15 is 0 Å². The van der Waals surface area contributed by atoms with Gasteiger partial charge in [-0.05, 0) is 51.5 Å². The molecule has 0 bridgehead atoms. The van der Waals surface area contributed by atoms with Gasteiger partial charge in [0.25, 0.3) is 0 Å². The van der Waals surface area contributed by atoms with Crippen molar-refractivity contribution >= 4 is 0 Å². The second-order valence-electron chi connectivity index (χ2n) is 5.22. The summed E-state index contributed by atoms with van der Waals surface area (Å²) < 4.78 is 10.8. The van der Waals surface area contributed by atoms with Gasteiger partial charge in [-0.15, -0.1) is 0 Å². The molecule has 0 aromatic heterocycles. The number of methoxy groups -OCH3 is 1. The molecule has 17 heavy (non-hydrogen) atoms. The maximum Gasteiger partial charge on any atom is 0.0558 e. The van der Waals surface area contributed by atoms with E-state index in [0.29, 0.717) is 12.1 Å². The Morgan fingerprint density at radius 2 is 2.06 bits per heavy atom. The maximum absolute atomic E-state index is 5.42. The number of hydrogen-bond acceptors (Lipinski definition) is 3. The van der Waals surface area contributed by atoms with Crippen LogP contribution in [0.2, 0.25) is 0 Å². The summed E-state index contributed by atoms with van der Waals surface area (Å²) in [6.45, 7) is 7.39. The van der Waals surface area contributed by atoms with Gasteiger partial charge in [-0.1, -0.05) is 6.92 Å². The quantitative estimate of drug-likeness (QED) is 0.711. The van der Waals surface area contributed by atoms with Gasteiger partial charge in [0.05, 0.1) is 6.10 Å². The Morgan fingerprint density at radius 1 is 1.35 bits per heavy atom. The van der Waals surface area contributed by atoms with Crippen LogP contribution in [-0.2, 0) is 9.47 Å². The van der Waals surface area contributed by atoms with Gasteiger partial charge in [-0.2, -0.15) is 0 Å². The first-order chi connectivity index (χ1) is 8.26. The summed E-state index contributed by atoms with van der Waals surface area (Å²) in [6.07, 6.45) is 6.40. The lowest BCUT2D eigenvalue weighted by atomic mass is 9.90. The molecule has 2 atom stereocenters. The first kappa shape index (κ1) is 14.9. The molecule has 0 aromatic rings. The molecule has 0 aromatic carbocycles. The minimum Gasteiger partial charge on any atom is -0.382 e. The molecule has 1 heterocycles. The molecule has 0 amide bonds. The van der Waals surface area contributed by atoms with E-state index in [9.17, 15) is 0 Å². The van der Waals surface area contributed by atoms with E-state index in [-0.39, 0.29) is 0 Å². The third kappa shape index (κ3) is 6.39. The lowest BCUT2D eigenvalue weighted by Gasteiger charge is -2.28. The highest BCUT2D eigenvalue weighted by molar-refractivity contribution is 4.76. The van der Waals surface area contributed by atoms with Crippen LogP contribution in [-0.4, -0.2) is 39.0 Å². The van der Waals surface area contributed by atoms with E-state index in [1.165, 1.54) is 25.7 Å². The van der Waals surface area contributed by atoms with Gasteiger partial charge < -0.3 is 14.8 Å².